The number of nitrogens with one attached hydrogen (secondary N) is 2. The van der Waals surface area contributed by atoms with E-state index in [4.69, 9.17) is 32.7 Å². The maximum atomic E-state index is 6.31. The third-order valence-electron chi connectivity index (χ3n) is 3.76. The molecule has 0 saturated carbocycles. The standard InChI is InChI=1S/C19H24Cl2N4O2.HI/c1-4-27-18-15(20)9-14(10-16(18)26-3)12-25-19(22-2)23-8-7-13-5-6-17(21)24-11-13;/h5-6,9-11H,4,7-8,12H2,1-3H3,(H2,22,23,25);1H. The Balaban J connectivity index is 0.00000392. The topological polar surface area (TPSA) is 67.8 Å². The van der Waals surface area contributed by atoms with Crippen LogP contribution in [0.4, 0.5) is 0 Å². The van der Waals surface area contributed by atoms with E-state index in [0.29, 0.717) is 40.8 Å². The number of ether oxygens (including phenoxy) is 2. The molecule has 1 heterocycles. The van der Waals surface area contributed by atoms with Crippen LogP contribution < -0.4 is 20.1 Å². The zero-order valence-electron chi connectivity index (χ0n) is 16.1. The van der Waals surface area contributed by atoms with Crippen molar-refractivity contribution in [3.8, 4) is 11.5 Å². The lowest BCUT2D eigenvalue weighted by Gasteiger charge is -2.15. The Morgan fingerprint density at radius 2 is 1.96 bits per heavy atom. The molecule has 28 heavy (non-hydrogen) atoms. The molecule has 0 aliphatic heterocycles. The van der Waals surface area contributed by atoms with Crippen LogP contribution in [0.2, 0.25) is 10.2 Å². The average molecular weight is 539 g/mol. The Morgan fingerprint density at radius 3 is 2.57 bits per heavy atom. The van der Waals surface area contributed by atoms with Crippen LogP contribution in [0, 0.1) is 0 Å². The maximum absolute atomic E-state index is 6.31. The molecular weight excluding hydrogens is 514 g/mol. The molecule has 0 aliphatic rings. The molecule has 0 amide bonds. The van der Waals surface area contributed by atoms with Crippen molar-refractivity contribution < 1.29 is 9.47 Å². The van der Waals surface area contributed by atoms with Gasteiger partial charge in [-0.05, 0) is 42.7 Å². The van der Waals surface area contributed by atoms with Crippen molar-refractivity contribution in [2.24, 2.45) is 4.99 Å². The van der Waals surface area contributed by atoms with Gasteiger partial charge in [-0.2, -0.15) is 0 Å². The highest BCUT2D eigenvalue weighted by Crippen LogP contribution is 2.36. The van der Waals surface area contributed by atoms with Gasteiger partial charge in [0, 0.05) is 26.3 Å². The number of rotatable bonds is 8. The molecule has 0 radical (unpaired) electrons. The monoisotopic (exact) mass is 538 g/mol. The predicted octanol–water partition coefficient (Wildman–Crippen LogP) is 4.32. The minimum absolute atomic E-state index is 0. The van der Waals surface area contributed by atoms with Crippen molar-refractivity contribution in [3.63, 3.8) is 0 Å². The lowest BCUT2D eigenvalue weighted by atomic mass is 10.2. The first-order valence-electron chi connectivity index (χ1n) is 8.61. The largest absolute Gasteiger partial charge is 0.493 e. The summed E-state index contributed by atoms with van der Waals surface area (Å²) >= 11 is 12.1. The van der Waals surface area contributed by atoms with Gasteiger partial charge in [0.05, 0.1) is 18.7 Å². The molecule has 0 fully saturated rings. The van der Waals surface area contributed by atoms with Gasteiger partial charge in [-0.1, -0.05) is 29.3 Å². The number of hydrogen-bond donors (Lipinski definition) is 2. The number of aliphatic imine (C=N–C) groups is 1. The van der Waals surface area contributed by atoms with Crippen LogP contribution in [0.1, 0.15) is 18.1 Å². The van der Waals surface area contributed by atoms with E-state index in [0.717, 1.165) is 24.1 Å². The van der Waals surface area contributed by atoms with Crippen molar-refractivity contribution in [3.05, 3.63) is 51.8 Å². The Morgan fingerprint density at radius 1 is 1.18 bits per heavy atom. The van der Waals surface area contributed by atoms with Crippen LogP contribution >= 0.6 is 47.2 Å². The Labute approximate surface area is 193 Å². The Kier molecular flexibility index (Phi) is 11.3. The summed E-state index contributed by atoms with van der Waals surface area (Å²) in [4.78, 5) is 8.30. The molecule has 1 aromatic carbocycles. The summed E-state index contributed by atoms with van der Waals surface area (Å²) in [5, 5.41) is 7.54. The summed E-state index contributed by atoms with van der Waals surface area (Å²) in [6.45, 7) is 3.69. The SMILES string of the molecule is CCOc1c(Cl)cc(CNC(=NC)NCCc2ccc(Cl)nc2)cc1OC.I. The molecule has 2 rings (SSSR count). The summed E-state index contributed by atoms with van der Waals surface area (Å²) in [5.74, 6) is 1.87. The fraction of sp³-hybridized carbons (Fsp3) is 0.368. The lowest BCUT2D eigenvalue weighted by Crippen LogP contribution is -2.37. The van der Waals surface area contributed by atoms with Crippen LogP contribution in [-0.2, 0) is 13.0 Å². The summed E-state index contributed by atoms with van der Waals surface area (Å²) < 4.78 is 10.9. The van der Waals surface area contributed by atoms with Crippen LogP contribution in [-0.4, -0.2) is 38.3 Å². The Bertz CT molecular complexity index is 773. The first-order chi connectivity index (χ1) is 13.1. The highest BCUT2D eigenvalue weighted by atomic mass is 127. The van der Waals surface area contributed by atoms with Crippen molar-refractivity contribution >= 4 is 53.1 Å². The molecule has 0 aliphatic carbocycles. The number of benzene rings is 1. The third-order valence-corrected chi connectivity index (χ3v) is 4.26. The first-order valence-corrected chi connectivity index (χ1v) is 9.37. The van der Waals surface area contributed by atoms with Gasteiger partial charge >= 0.3 is 0 Å². The van der Waals surface area contributed by atoms with E-state index in [1.165, 1.54) is 0 Å². The van der Waals surface area contributed by atoms with E-state index >= 15 is 0 Å². The van der Waals surface area contributed by atoms with E-state index in [9.17, 15) is 0 Å². The zero-order chi connectivity index (χ0) is 19.6. The molecule has 154 valence electrons. The molecule has 9 heteroatoms. The van der Waals surface area contributed by atoms with Gasteiger partial charge in [-0.15, -0.1) is 24.0 Å². The summed E-state index contributed by atoms with van der Waals surface area (Å²) in [6, 6.07) is 7.50. The van der Waals surface area contributed by atoms with Gasteiger partial charge in [0.25, 0.3) is 0 Å². The van der Waals surface area contributed by atoms with Crippen LogP contribution in [0.25, 0.3) is 0 Å². The van der Waals surface area contributed by atoms with Gasteiger partial charge in [-0.3, -0.25) is 4.99 Å². The molecule has 0 spiro atoms. The fourth-order valence-corrected chi connectivity index (χ4v) is 2.85. The highest BCUT2D eigenvalue weighted by Gasteiger charge is 2.12. The van der Waals surface area contributed by atoms with E-state index in [2.05, 4.69) is 20.6 Å². The van der Waals surface area contributed by atoms with Gasteiger partial charge < -0.3 is 20.1 Å². The number of nitrogens with zero attached hydrogens (tertiary/aromatic N) is 2. The molecular formula is C19H25Cl2IN4O2. The average Bonchev–Trinajstić information content (AvgIpc) is 2.67. The molecule has 0 bridgehead atoms. The van der Waals surface area contributed by atoms with Gasteiger partial charge in [-0.25, -0.2) is 4.98 Å². The summed E-state index contributed by atoms with van der Waals surface area (Å²) in [6.07, 6.45) is 2.59. The summed E-state index contributed by atoms with van der Waals surface area (Å²) in [7, 11) is 3.32. The number of methoxy groups -OCH3 is 1. The summed E-state index contributed by atoms with van der Waals surface area (Å²) in [5.41, 5.74) is 2.07. The molecule has 2 aromatic rings. The minimum atomic E-state index is 0. The minimum Gasteiger partial charge on any atom is -0.493 e. The molecule has 2 N–H and O–H groups in total. The normalized spacial score (nSPS) is 10.8. The molecule has 0 unspecified atom stereocenters. The van der Waals surface area contributed by atoms with E-state index in [1.54, 1.807) is 26.4 Å². The third kappa shape index (κ3) is 7.52. The first kappa shape index (κ1) is 24.6. The number of halogens is 3. The number of pyridine rings is 1. The lowest BCUT2D eigenvalue weighted by molar-refractivity contribution is 0.311. The maximum Gasteiger partial charge on any atom is 0.191 e. The second kappa shape index (κ2) is 12.9. The number of guanidine groups is 1. The molecule has 6 nitrogen and oxygen atoms in total. The second-order valence-electron chi connectivity index (χ2n) is 5.63. The molecule has 0 atom stereocenters. The van der Waals surface area contributed by atoms with Crippen molar-refractivity contribution in [2.75, 3.05) is 27.3 Å². The number of hydrogen-bond acceptors (Lipinski definition) is 4. The Hall–Kier alpha value is -1.45. The van der Waals surface area contributed by atoms with Gasteiger partial charge in [0.1, 0.15) is 5.15 Å². The highest BCUT2D eigenvalue weighted by molar-refractivity contribution is 14.0. The van der Waals surface area contributed by atoms with E-state index < -0.39 is 0 Å². The fourth-order valence-electron chi connectivity index (χ4n) is 2.45. The second-order valence-corrected chi connectivity index (χ2v) is 6.43. The van der Waals surface area contributed by atoms with Gasteiger partial charge in [0.2, 0.25) is 0 Å². The van der Waals surface area contributed by atoms with Gasteiger partial charge in [0.15, 0.2) is 17.5 Å². The zero-order valence-corrected chi connectivity index (χ0v) is 19.9. The number of aromatic nitrogens is 1. The molecule has 1 aromatic heterocycles. The van der Waals surface area contributed by atoms with Crippen LogP contribution in [0.3, 0.4) is 0 Å². The van der Waals surface area contributed by atoms with E-state index in [1.807, 2.05) is 25.1 Å². The van der Waals surface area contributed by atoms with Crippen molar-refractivity contribution in [1.82, 2.24) is 15.6 Å². The van der Waals surface area contributed by atoms with Crippen LogP contribution in [0.15, 0.2) is 35.5 Å². The van der Waals surface area contributed by atoms with Crippen LogP contribution in [0.5, 0.6) is 11.5 Å². The quantitative estimate of drug-likeness (QED) is 0.227. The van der Waals surface area contributed by atoms with E-state index in [-0.39, 0.29) is 24.0 Å². The molecule has 0 saturated heterocycles. The van der Waals surface area contributed by atoms with Crippen molar-refractivity contribution in [1.29, 1.82) is 0 Å². The smallest absolute Gasteiger partial charge is 0.191 e. The van der Waals surface area contributed by atoms with Crippen molar-refractivity contribution in [2.45, 2.75) is 19.9 Å². The predicted molar refractivity (Wildman–Crippen MR) is 126 cm³/mol.